The summed E-state index contributed by atoms with van der Waals surface area (Å²) in [4.78, 5) is 22.0. The van der Waals surface area contributed by atoms with Gasteiger partial charge in [-0.2, -0.15) is 0 Å². The minimum Gasteiger partial charge on any atom is -0.480 e. The van der Waals surface area contributed by atoms with E-state index in [1.807, 2.05) is 6.92 Å². The van der Waals surface area contributed by atoms with Gasteiger partial charge in [-0.3, -0.25) is 9.59 Å². The Kier molecular flexibility index (Phi) is 14.0. The average Bonchev–Trinajstić information content (AvgIpc) is 2.35. The number of hydrazine groups is 1. The van der Waals surface area contributed by atoms with Crippen molar-refractivity contribution in [2.75, 3.05) is 6.54 Å². The summed E-state index contributed by atoms with van der Waals surface area (Å²) in [7, 11) is 0. The van der Waals surface area contributed by atoms with E-state index >= 15 is 0 Å². The molecule has 0 amide bonds. The van der Waals surface area contributed by atoms with Crippen LogP contribution < -0.4 is 16.6 Å². The van der Waals surface area contributed by atoms with Crippen LogP contribution in [0.3, 0.4) is 0 Å². The molecule has 0 unspecified atom stereocenters. The van der Waals surface area contributed by atoms with Gasteiger partial charge in [0.1, 0.15) is 12.1 Å². The Morgan fingerprint density at radius 3 is 1.80 bits per heavy atom. The van der Waals surface area contributed by atoms with Crippen LogP contribution in [0.25, 0.3) is 0 Å². The van der Waals surface area contributed by atoms with Crippen molar-refractivity contribution in [1.29, 1.82) is 0 Å². The van der Waals surface area contributed by atoms with Crippen molar-refractivity contribution in [1.82, 2.24) is 10.9 Å². The molecule has 0 heterocycles. The summed E-state index contributed by atoms with van der Waals surface area (Å²) in [5.41, 5.74) is 10.5. The van der Waals surface area contributed by atoms with Gasteiger partial charge in [0, 0.05) is 0 Å². The molecule has 0 aromatic heterocycles. The lowest BCUT2D eigenvalue weighted by Crippen LogP contribution is -2.52. The van der Waals surface area contributed by atoms with E-state index in [1.165, 1.54) is 0 Å². The Labute approximate surface area is 125 Å². The molecule has 0 aliphatic carbocycles. The molecule has 6 N–H and O–H groups in total. The number of carboxylic acid groups (broad SMARTS) is 2. The lowest BCUT2D eigenvalue weighted by atomic mass is 10.1. The van der Waals surface area contributed by atoms with Crippen molar-refractivity contribution < 1.29 is 19.8 Å². The Morgan fingerprint density at radius 2 is 1.45 bits per heavy atom. The standard InChI is InChI=1S/C12H25N3O4.ClH/c1-2-3-6-9(11(16)17)14-15-10(12(18)19)7-4-5-8-13;/h9-10,14-15H,2-8,13H2,1H3,(H,16,17)(H,18,19);1H/t9-,10-;/m0./s1. The van der Waals surface area contributed by atoms with Gasteiger partial charge in [0.2, 0.25) is 0 Å². The molecular formula is C12H26ClN3O4. The summed E-state index contributed by atoms with van der Waals surface area (Å²) in [5, 5.41) is 18.0. The van der Waals surface area contributed by atoms with Crippen molar-refractivity contribution in [3.8, 4) is 0 Å². The van der Waals surface area contributed by atoms with Gasteiger partial charge in [-0.25, -0.2) is 10.9 Å². The van der Waals surface area contributed by atoms with Gasteiger partial charge in [-0.1, -0.05) is 19.8 Å². The molecule has 2 atom stereocenters. The van der Waals surface area contributed by atoms with E-state index in [-0.39, 0.29) is 12.4 Å². The van der Waals surface area contributed by atoms with Crippen molar-refractivity contribution >= 4 is 24.3 Å². The molecular weight excluding hydrogens is 286 g/mol. The molecule has 0 aromatic rings. The minimum absolute atomic E-state index is 0. The summed E-state index contributed by atoms with van der Waals surface area (Å²) >= 11 is 0. The third-order valence-corrected chi connectivity index (χ3v) is 2.82. The highest BCUT2D eigenvalue weighted by molar-refractivity contribution is 5.85. The first-order chi connectivity index (χ1) is 9.02. The second kappa shape index (κ2) is 13.1. The molecule has 0 fully saturated rings. The lowest BCUT2D eigenvalue weighted by Gasteiger charge is -2.19. The Balaban J connectivity index is 0. The summed E-state index contributed by atoms with van der Waals surface area (Å²) < 4.78 is 0. The van der Waals surface area contributed by atoms with Gasteiger partial charge in [0.15, 0.2) is 0 Å². The van der Waals surface area contributed by atoms with Gasteiger partial charge in [0.05, 0.1) is 0 Å². The summed E-state index contributed by atoms with van der Waals surface area (Å²) in [6, 6.07) is -1.56. The maximum atomic E-state index is 11.0. The largest absolute Gasteiger partial charge is 0.480 e. The zero-order valence-electron chi connectivity index (χ0n) is 11.8. The van der Waals surface area contributed by atoms with Crippen LogP contribution in [0.1, 0.15) is 45.4 Å². The first-order valence-electron chi connectivity index (χ1n) is 6.69. The van der Waals surface area contributed by atoms with E-state index in [1.54, 1.807) is 0 Å². The number of hydrogen-bond donors (Lipinski definition) is 5. The highest BCUT2D eigenvalue weighted by Crippen LogP contribution is 2.03. The number of carbonyl (C=O) groups is 2. The quantitative estimate of drug-likeness (QED) is 0.266. The highest BCUT2D eigenvalue weighted by Gasteiger charge is 2.21. The third-order valence-electron chi connectivity index (χ3n) is 2.82. The van der Waals surface area contributed by atoms with Crippen LogP contribution in [0.4, 0.5) is 0 Å². The van der Waals surface area contributed by atoms with Crippen molar-refractivity contribution in [3.05, 3.63) is 0 Å². The van der Waals surface area contributed by atoms with Gasteiger partial charge in [-0.05, 0) is 32.2 Å². The SMILES string of the molecule is CCCC[C@H](NN[C@@H](CCCCN)C(=O)O)C(=O)O.Cl. The van der Waals surface area contributed by atoms with Crippen LogP contribution in [-0.2, 0) is 9.59 Å². The Morgan fingerprint density at radius 1 is 1.00 bits per heavy atom. The molecule has 0 saturated heterocycles. The highest BCUT2D eigenvalue weighted by atomic mass is 35.5. The van der Waals surface area contributed by atoms with Crippen LogP contribution in [-0.4, -0.2) is 40.8 Å². The Hall–Kier alpha value is -0.890. The molecule has 0 aliphatic rings. The molecule has 0 rings (SSSR count). The first-order valence-corrected chi connectivity index (χ1v) is 6.69. The van der Waals surface area contributed by atoms with E-state index in [2.05, 4.69) is 10.9 Å². The summed E-state index contributed by atoms with van der Waals surface area (Å²) in [5.74, 6) is -1.98. The second-order valence-corrected chi connectivity index (χ2v) is 4.50. The van der Waals surface area contributed by atoms with E-state index in [4.69, 9.17) is 15.9 Å². The van der Waals surface area contributed by atoms with Gasteiger partial charge in [0.25, 0.3) is 0 Å². The Bertz CT molecular complexity index is 279. The summed E-state index contributed by atoms with van der Waals surface area (Å²) in [6.07, 6.45) is 3.99. The minimum atomic E-state index is -0.996. The monoisotopic (exact) mass is 311 g/mol. The maximum Gasteiger partial charge on any atom is 0.322 e. The molecule has 0 saturated carbocycles. The molecule has 20 heavy (non-hydrogen) atoms. The fraction of sp³-hybridized carbons (Fsp3) is 0.833. The number of unbranched alkanes of at least 4 members (excludes halogenated alkanes) is 2. The van der Waals surface area contributed by atoms with Crippen LogP contribution in [0, 0.1) is 0 Å². The molecule has 0 aliphatic heterocycles. The fourth-order valence-corrected chi connectivity index (χ4v) is 1.62. The molecule has 0 bridgehead atoms. The normalized spacial score (nSPS) is 13.3. The number of halogens is 1. The van der Waals surface area contributed by atoms with Gasteiger partial charge < -0.3 is 15.9 Å². The first kappa shape index (κ1) is 21.4. The number of nitrogens with one attached hydrogen (secondary N) is 2. The lowest BCUT2D eigenvalue weighted by molar-refractivity contribution is -0.143. The smallest absolute Gasteiger partial charge is 0.322 e. The summed E-state index contributed by atoms with van der Waals surface area (Å²) in [6.45, 7) is 2.49. The maximum absolute atomic E-state index is 11.0. The molecule has 120 valence electrons. The predicted octanol–water partition coefficient (Wildman–Crippen LogP) is 0.728. The van der Waals surface area contributed by atoms with Crippen LogP contribution in [0.2, 0.25) is 0 Å². The van der Waals surface area contributed by atoms with Gasteiger partial charge >= 0.3 is 11.9 Å². The average molecular weight is 312 g/mol. The third kappa shape index (κ3) is 9.96. The van der Waals surface area contributed by atoms with Crippen molar-refractivity contribution in [2.45, 2.75) is 57.5 Å². The number of nitrogens with two attached hydrogens (primary N) is 1. The number of rotatable bonds is 12. The molecule has 0 radical (unpaired) electrons. The fourth-order valence-electron chi connectivity index (χ4n) is 1.62. The zero-order valence-corrected chi connectivity index (χ0v) is 12.6. The van der Waals surface area contributed by atoms with Crippen LogP contribution in [0.15, 0.2) is 0 Å². The van der Waals surface area contributed by atoms with Gasteiger partial charge in [-0.15, -0.1) is 12.4 Å². The second-order valence-electron chi connectivity index (χ2n) is 4.50. The molecule has 0 spiro atoms. The zero-order chi connectivity index (χ0) is 14.7. The number of aliphatic carboxylic acids is 2. The van der Waals surface area contributed by atoms with Crippen molar-refractivity contribution in [3.63, 3.8) is 0 Å². The van der Waals surface area contributed by atoms with Crippen LogP contribution in [0.5, 0.6) is 0 Å². The predicted molar refractivity (Wildman–Crippen MR) is 78.8 cm³/mol. The molecule has 8 heteroatoms. The van der Waals surface area contributed by atoms with E-state index in [0.717, 1.165) is 19.3 Å². The van der Waals surface area contributed by atoms with E-state index in [9.17, 15) is 9.59 Å². The number of carboxylic acids is 2. The number of hydrogen-bond acceptors (Lipinski definition) is 5. The van der Waals surface area contributed by atoms with E-state index < -0.39 is 24.0 Å². The van der Waals surface area contributed by atoms with Crippen LogP contribution >= 0.6 is 12.4 Å². The van der Waals surface area contributed by atoms with Crippen molar-refractivity contribution in [2.24, 2.45) is 5.73 Å². The topological polar surface area (TPSA) is 125 Å². The molecule has 7 nitrogen and oxygen atoms in total. The van der Waals surface area contributed by atoms with E-state index in [0.29, 0.717) is 25.8 Å². The molecule has 0 aromatic carbocycles.